The predicted molar refractivity (Wildman–Crippen MR) is 73.8 cm³/mol. The molecule has 2 aromatic rings. The fourth-order valence-corrected chi connectivity index (χ4v) is 2.05. The minimum absolute atomic E-state index is 0.114. The number of hydrogen-bond donors (Lipinski definition) is 0. The van der Waals surface area contributed by atoms with Crippen molar-refractivity contribution in [3.8, 4) is 0 Å². The summed E-state index contributed by atoms with van der Waals surface area (Å²) < 4.78 is 6.96. The van der Waals surface area contributed by atoms with E-state index in [1.807, 2.05) is 36.4 Å². The first-order valence-corrected chi connectivity index (χ1v) is 6.46. The Labute approximate surface area is 111 Å². The minimum Gasteiger partial charge on any atom is -0.369 e. The van der Waals surface area contributed by atoms with Gasteiger partial charge in [-0.3, -0.25) is 0 Å². The van der Waals surface area contributed by atoms with Crippen LogP contribution in [0.2, 0.25) is 0 Å². The number of ether oxygens (including phenoxy) is 1. The van der Waals surface area contributed by atoms with Crippen molar-refractivity contribution < 1.29 is 4.74 Å². The van der Waals surface area contributed by atoms with E-state index in [1.54, 1.807) is 0 Å². The summed E-state index contributed by atoms with van der Waals surface area (Å²) in [4.78, 5) is 0. The smallest absolute Gasteiger partial charge is 0.0801 e. The SMILES string of the molecule is CC(OCc1ccccc1Br)c1ccccc1. The van der Waals surface area contributed by atoms with Crippen molar-refractivity contribution in [2.24, 2.45) is 0 Å². The van der Waals surface area contributed by atoms with E-state index in [0.717, 1.165) is 4.47 Å². The summed E-state index contributed by atoms with van der Waals surface area (Å²) in [6.45, 7) is 2.70. The van der Waals surface area contributed by atoms with Gasteiger partial charge in [0.2, 0.25) is 0 Å². The van der Waals surface area contributed by atoms with E-state index < -0.39 is 0 Å². The molecule has 1 unspecified atom stereocenters. The lowest BCUT2D eigenvalue weighted by molar-refractivity contribution is 0.0522. The summed E-state index contributed by atoms with van der Waals surface area (Å²) in [6, 6.07) is 18.4. The molecular formula is C15H15BrO. The van der Waals surface area contributed by atoms with Gasteiger partial charge in [0.25, 0.3) is 0 Å². The molecule has 2 heteroatoms. The molecule has 0 fully saturated rings. The number of halogens is 1. The van der Waals surface area contributed by atoms with Gasteiger partial charge < -0.3 is 4.74 Å². The molecule has 0 N–H and O–H groups in total. The van der Waals surface area contributed by atoms with E-state index in [1.165, 1.54) is 11.1 Å². The molecule has 0 aliphatic carbocycles. The first kappa shape index (κ1) is 12.3. The number of rotatable bonds is 4. The predicted octanol–water partition coefficient (Wildman–Crippen LogP) is 4.73. The quantitative estimate of drug-likeness (QED) is 0.791. The van der Waals surface area contributed by atoms with Crippen molar-refractivity contribution in [3.63, 3.8) is 0 Å². The zero-order valence-corrected chi connectivity index (χ0v) is 11.4. The summed E-state index contributed by atoms with van der Waals surface area (Å²) in [5.74, 6) is 0. The van der Waals surface area contributed by atoms with Crippen LogP contribution < -0.4 is 0 Å². The maximum absolute atomic E-state index is 5.86. The third-order valence-corrected chi connectivity index (χ3v) is 3.49. The summed E-state index contributed by atoms with van der Waals surface area (Å²) in [7, 11) is 0. The van der Waals surface area contributed by atoms with Crippen molar-refractivity contribution in [3.05, 3.63) is 70.2 Å². The van der Waals surface area contributed by atoms with Crippen molar-refractivity contribution in [2.45, 2.75) is 19.6 Å². The lowest BCUT2D eigenvalue weighted by Gasteiger charge is -2.14. The third kappa shape index (κ3) is 3.42. The van der Waals surface area contributed by atoms with Crippen molar-refractivity contribution in [1.82, 2.24) is 0 Å². The average molecular weight is 291 g/mol. The normalized spacial score (nSPS) is 12.4. The van der Waals surface area contributed by atoms with Gasteiger partial charge in [-0.2, -0.15) is 0 Å². The molecule has 0 amide bonds. The summed E-state index contributed by atoms with van der Waals surface area (Å²) in [5.41, 5.74) is 2.38. The van der Waals surface area contributed by atoms with Gasteiger partial charge in [0.05, 0.1) is 12.7 Å². The second-order valence-electron chi connectivity index (χ2n) is 3.96. The molecule has 88 valence electrons. The van der Waals surface area contributed by atoms with Gasteiger partial charge in [-0.15, -0.1) is 0 Å². The zero-order valence-electron chi connectivity index (χ0n) is 9.77. The molecule has 2 aromatic carbocycles. The van der Waals surface area contributed by atoms with Gasteiger partial charge in [-0.25, -0.2) is 0 Å². The summed E-state index contributed by atoms with van der Waals surface area (Å²) >= 11 is 3.52. The molecule has 2 rings (SSSR count). The lowest BCUT2D eigenvalue weighted by atomic mass is 10.1. The lowest BCUT2D eigenvalue weighted by Crippen LogP contribution is -2.00. The first-order chi connectivity index (χ1) is 8.27. The molecule has 0 bridgehead atoms. The molecule has 0 saturated carbocycles. The molecule has 0 aliphatic heterocycles. The Kier molecular flexibility index (Phi) is 4.35. The Morgan fingerprint density at radius 3 is 2.35 bits per heavy atom. The van der Waals surface area contributed by atoms with E-state index in [0.29, 0.717) is 6.61 Å². The van der Waals surface area contributed by atoms with Crippen molar-refractivity contribution >= 4 is 15.9 Å². The fraction of sp³-hybridized carbons (Fsp3) is 0.200. The molecule has 0 heterocycles. The third-order valence-electron chi connectivity index (χ3n) is 2.72. The Hall–Kier alpha value is -1.12. The zero-order chi connectivity index (χ0) is 12.1. The van der Waals surface area contributed by atoms with Crippen molar-refractivity contribution in [2.75, 3.05) is 0 Å². The monoisotopic (exact) mass is 290 g/mol. The van der Waals surface area contributed by atoms with Crippen LogP contribution in [0.5, 0.6) is 0 Å². The van der Waals surface area contributed by atoms with Crippen LogP contribution in [0, 0.1) is 0 Å². The van der Waals surface area contributed by atoms with Crippen LogP contribution in [0.15, 0.2) is 59.1 Å². The van der Waals surface area contributed by atoms with E-state index in [4.69, 9.17) is 4.74 Å². The van der Waals surface area contributed by atoms with Crippen LogP contribution in [-0.2, 0) is 11.3 Å². The molecule has 17 heavy (non-hydrogen) atoms. The number of benzene rings is 2. The van der Waals surface area contributed by atoms with Crippen LogP contribution in [0.1, 0.15) is 24.2 Å². The highest BCUT2D eigenvalue weighted by Gasteiger charge is 2.06. The maximum atomic E-state index is 5.86. The molecule has 0 aromatic heterocycles. The summed E-state index contributed by atoms with van der Waals surface area (Å²) in [6.07, 6.45) is 0.114. The van der Waals surface area contributed by atoms with E-state index >= 15 is 0 Å². The average Bonchev–Trinajstić information content (AvgIpc) is 2.38. The highest BCUT2D eigenvalue weighted by molar-refractivity contribution is 9.10. The van der Waals surface area contributed by atoms with Gasteiger partial charge in [0, 0.05) is 4.47 Å². The molecule has 1 atom stereocenters. The molecule has 0 spiro atoms. The van der Waals surface area contributed by atoms with E-state index in [-0.39, 0.29) is 6.10 Å². The van der Waals surface area contributed by atoms with Gasteiger partial charge >= 0.3 is 0 Å². The first-order valence-electron chi connectivity index (χ1n) is 5.67. The largest absolute Gasteiger partial charge is 0.369 e. The van der Waals surface area contributed by atoms with Crippen LogP contribution >= 0.6 is 15.9 Å². The van der Waals surface area contributed by atoms with E-state index in [2.05, 4.69) is 41.1 Å². The summed E-state index contributed by atoms with van der Waals surface area (Å²) in [5, 5.41) is 0. The molecule has 0 saturated heterocycles. The molecular weight excluding hydrogens is 276 g/mol. The number of hydrogen-bond acceptors (Lipinski definition) is 1. The van der Waals surface area contributed by atoms with Gasteiger partial charge in [0.1, 0.15) is 0 Å². The van der Waals surface area contributed by atoms with E-state index in [9.17, 15) is 0 Å². The Morgan fingerprint density at radius 2 is 1.65 bits per heavy atom. The highest BCUT2D eigenvalue weighted by atomic mass is 79.9. The van der Waals surface area contributed by atoms with Gasteiger partial charge in [-0.05, 0) is 24.1 Å². The Morgan fingerprint density at radius 1 is 1.00 bits per heavy atom. The van der Waals surface area contributed by atoms with Crippen LogP contribution in [0.4, 0.5) is 0 Å². The Balaban J connectivity index is 1.97. The van der Waals surface area contributed by atoms with Crippen molar-refractivity contribution in [1.29, 1.82) is 0 Å². The van der Waals surface area contributed by atoms with Gasteiger partial charge in [-0.1, -0.05) is 64.5 Å². The second kappa shape index (κ2) is 5.99. The topological polar surface area (TPSA) is 9.23 Å². The minimum atomic E-state index is 0.114. The molecule has 0 aliphatic rings. The fourth-order valence-electron chi connectivity index (χ4n) is 1.65. The van der Waals surface area contributed by atoms with Gasteiger partial charge in [0.15, 0.2) is 0 Å². The molecule has 1 nitrogen and oxygen atoms in total. The maximum Gasteiger partial charge on any atom is 0.0801 e. The standard InChI is InChI=1S/C15H15BrO/c1-12(13-7-3-2-4-8-13)17-11-14-9-5-6-10-15(14)16/h2-10,12H,11H2,1H3. The van der Waals surface area contributed by atoms with Crippen LogP contribution in [0.25, 0.3) is 0 Å². The Bertz CT molecular complexity index is 467. The highest BCUT2D eigenvalue weighted by Crippen LogP contribution is 2.21. The van der Waals surface area contributed by atoms with Crippen LogP contribution in [-0.4, -0.2) is 0 Å². The van der Waals surface area contributed by atoms with Crippen LogP contribution in [0.3, 0.4) is 0 Å². The molecule has 0 radical (unpaired) electrons. The second-order valence-corrected chi connectivity index (χ2v) is 4.81.